The molecule has 5 aromatic rings. The van der Waals surface area contributed by atoms with Gasteiger partial charge in [0, 0.05) is 32.5 Å². The van der Waals surface area contributed by atoms with Gasteiger partial charge in [0.1, 0.15) is 11.7 Å². The Kier molecular flexibility index (Phi) is 5.31. The molecule has 9 nitrogen and oxygen atoms in total. The highest BCUT2D eigenvalue weighted by Gasteiger charge is 2.42. The summed E-state index contributed by atoms with van der Waals surface area (Å²) in [6, 6.07) is 22.9. The molecule has 1 fully saturated rings. The Bertz CT molecular complexity index is 1580. The summed E-state index contributed by atoms with van der Waals surface area (Å²) < 4.78 is 6.37. The van der Waals surface area contributed by atoms with Crippen LogP contribution in [-0.2, 0) is 11.1 Å². The molecule has 0 spiro atoms. The van der Waals surface area contributed by atoms with Crippen molar-refractivity contribution >= 4 is 49.7 Å². The fraction of sp³-hybridized carbons (Fsp3) is 0.200. The molecule has 176 valence electrons. The normalized spacial score (nSPS) is 17.9. The van der Waals surface area contributed by atoms with E-state index in [-0.39, 0.29) is 12.2 Å². The van der Waals surface area contributed by atoms with Gasteiger partial charge in [-0.15, -0.1) is 5.10 Å². The highest BCUT2D eigenvalue weighted by atomic mass is 32.1. The van der Waals surface area contributed by atoms with Gasteiger partial charge >= 0.3 is 0 Å². The van der Waals surface area contributed by atoms with Gasteiger partial charge in [0.25, 0.3) is 0 Å². The van der Waals surface area contributed by atoms with E-state index in [9.17, 15) is 0 Å². The van der Waals surface area contributed by atoms with Crippen LogP contribution in [-0.4, -0.2) is 51.2 Å². The van der Waals surface area contributed by atoms with Gasteiger partial charge in [0.05, 0.1) is 28.9 Å². The maximum Gasteiger partial charge on any atom is 0.162 e. The van der Waals surface area contributed by atoms with Gasteiger partial charge in [-0.05, 0) is 59.2 Å². The van der Waals surface area contributed by atoms with E-state index in [0.29, 0.717) is 0 Å². The van der Waals surface area contributed by atoms with E-state index in [4.69, 9.17) is 0 Å². The second kappa shape index (κ2) is 8.64. The molecule has 2 aromatic heterocycles. The number of nitrogens with zero attached hydrogens (tertiary/aromatic N) is 7. The second-order valence-corrected chi connectivity index (χ2v) is 9.53. The zero-order valence-electron chi connectivity index (χ0n) is 19.6. The topological polar surface area (TPSA) is 90.3 Å². The molecule has 1 saturated heterocycles. The molecule has 3 heterocycles. The number of nitrogens with one attached hydrogen (secondary N) is 2. The Morgan fingerprint density at radius 3 is 2.63 bits per heavy atom. The van der Waals surface area contributed by atoms with Crippen molar-refractivity contribution < 1.29 is 0 Å². The lowest BCUT2D eigenvalue weighted by atomic mass is 10.0. The van der Waals surface area contributed by atoms with Crippen LogP contribution >= 0.6 is 0 Å². The van der Waals surface area contributed by atoms with Gasteiger partial charge in [-0.3, -0.25) is 0 Å². The predicted octanol–water partition coefficient (Wildman–Crippen LogP) is 3.71. The monoisotopic (exact) mass is 483 g/mol. The van der Waals surface area contributed by atoms with E-state index in [0.717, 1.165) is 44.1 Å². The van der Waals surface area contributed by atoms with E-state index in [1.807, 2.05) is 43.0 Å². The minimum Gasteiger partial charge on any atom is -0.378 e. The van der Waals surface area contributed by atoms with Crippen molar-refractivity contribution in [1.82, 2.24) is 30.3 Å². The largest absolute Gasteiger partial charge is 0.378 e. The van der Waals surface area contributed by atoms with Crippen LogP contribution in [0.2, 0.25) is 0 Å². The van der Waals surface area contributed by atoms with Gasteiger partial charge in [-0.25, -0.2) is 19.3 Å². The fourth-order valence-electron chi connectivity index (χ4n) is 4.64. The average molecular weight is 484 g/mol. The third-order valence-corrected chi connectivity index (χ3v) is 6.99. The van der Waals surface area contributed by atoms with E-state index >= 15 is 0 Å². The molecular formula is C25H25N9S. The summed E-state index contributed by atoms with van der Waals surface area (Å²) >= 11 is 1.42. The number of aromatic nitrogens is 5. The molecule has 1 aliphatic rings. The molecule has 2 unspecified atom stereocenters. The van der Waals surface area contributed by atoms with Crippen molar-refractivity contribution in [3.05, 3.63) is 78.6 Å². The molecule has 1 aliphatic heterocycles. The van der Waals surface area contributed by atoms with Gasteiger partial charge in [0.15, 0.2) is 5.11 Å². The Balaban J connectivity index is 1.56. The number of para-hydroxylation sites is 1. The van der Waals surface area contributed by atoms with Gasteiger partial charge < -0.3 is 14.8 Å². The first-order valence-electron chi connectivity index (χ1n) is 11.3. The van der Waals surface area contributed by atoms with Crippen LogP contribution in [0.1, 0.15) is 17.8 Å². The highest BCUT2D eigenvalue weighted by molar-refractivity contribution is 7.69. The Morgan fingerprint density at radius 1 is 1.00 bits per heavy atom. The summed E-state index contributed by atoms with van der Waals surface area (Å²) in [5.41, 5.74) is 7.09. The molecule has 6 rings (SSSR count). The number of aromatic amines is 1. The van der Waals surface area contributed by atoms with Crippen LogP contribution < -0.4 is 15.1 Å². The molecule has 0 bridgehead atoms. The molecule has 2 atom stereocenters. The number of anilines is 2. The first-order valence-corrected chi connectivity index (χ1v) is 12.1. The van der Waals surface area contributed by atoms with Crippen molar-refractivity contribution in [2.45, 2.75) is 12.2 Å². The van der Waals surface area contributed by atoms with Crippen molar-refractivity contribution in [2.24, 2.45) is 4.36 Å². The first-order chi connectivity index (χ1) is 17.1. The second-order valence-electron chi connectivity index (χ2n) is 8.60. The van der Waals surface area contributed by atoms with E-state index in [2.05, 4.69) is 82.2 Å². The molecule has 0 radical (unpaired) electrons. The maximum absolute atomic E-state index is 4.56. The molecule has 3 aromatic carbocycles. The standard InChI is InChI=1S/C25H25N9S/c1-26-35-25-29-24(34-22-7-5-4-6-20(22)30-31-34)23(16-8-10-17(11-9-16)32(2)3)33(25)18-12-13-19-21(14-18)28-15-27-19/h4-15,23-24,29H,1-3H3,(H,27,28). The fourth-order valence-corrected chi connectivity index (χ4v) is 5.29. The van der Waals surface area contributed by atoms with Crippen molar-refractivity contribution in [3.63, 3.8) is 0 Å². The van der Waals surface area contributed by atoms with Crippen LogP contribution in [0.4, 0.5) is 11.4 Å². The molecule has 0 amide bonds. The van der Waals surface area contributed by atoms with E-state index in [1.165, 1.54) is 11.1 Å². The van der Waals surface area contributed by atoms with Gasteiger partial charge in [0.2, 0.25) is 0 Å². The number of benzene rings is 3. The maximum atomic E-state index is 4.56. The summed E-state index contributed by atoms with van der Waals surface area (Å²) in [5.74, 6) is 0. The lowest BCUT2D eigenvalue weighted by Crippen LogP contribution is -2.31. The van der Waals surface area contributed by atoms with Crippen molar-refractivity contribution in [2.75, 3.05) is 30.9 Å². The third kappa shape index (κ3) is 3.67. The summed E-state index contributed by atoms with van der Waals surface area (Å²) in [7, 11) is 5.90. The van der Waals surface area contributed by atoms with E-state index < -0.39 is 0 Å². The molecule has 0 saturated carbocycles. The number of fused-ring (bicyclic) bond motifs is 2. The smallest absolute Gasteiger partial charge is 0.162 e. The van der Waals surface area contributed by atoms with Crippen LogP contribution in [0, 0.1) is 0 Å². The molecule has 2 N–H and O–H groups in total. The molecule has 0 aliphatic carbocycles. The summed E-state index contributed by atoms with van der Waals surface area (Å²) in [6.07, 6.45) is 1.52. The summed E-state index contributed by atoms with van der Waals surface area (Å²) in [4.78, 5) is 12.0. The van der Waals surface area contributed by atoms with Crippen LogP contribution in [0.5, 0.6) is 0 Å². The lowest BCUT2D eigenvalue weighted by Gasteiger charge is -2.29. The number of hydrogen-bond donors (Lipinski definition) is 2. The number of H-pyrrole nitrogens is 1. The van der Waals surface area contributed by atoms with Crippen LogP contribution in [0.25, 0.3) is 22.1 Å². The van der Waals surface area contributed by atoms with Crippen LogP contribution in [0.15, 0.2) is 77.4 Å². The zero-order chi connectivity index (χ0) is 23.9. The van der Waals surface area contributed by atoms with Crippen molar-refractivity contribution in [1.29, 1.82) is 0 Å². The predicted molar refractivity (Wildman–Crippen MR) is 143 cm³/mol. The van der Waals surface area contributed by atoms with Gasteiger partial charge in [-0.2, -0.15) is 0 Å². The highest BCUT2D eigenvalue weighted by Crippen LogP contribution is 2.40. The number of hydrogen-bond acceptors (Lipinski definition) is 5. The van der Waals surface area contributed by atoms with E-state index in [1.54, 1.807) is 13.4 Å². The first kappa shape index (κ1) is 21.5. The molecule has 35 heavy (non-hydrogen) atoms. The van der Waals surface area contributed by atoms with Gasteiger partial charge in [-0.1, -0.05) is 29.5 Å². The SMILES string of the molecule is CN=S=C1NC(n2nnc3ccccc32)C(c2ccc(N(C)C)cc2)N1c1ccc2nc[nH]c2c1. The minimum atomic E-state index is -0.200. The number of imidazole rings is 1. The molecule has 10 heteroatoms. The van der Waals surface area contributed by atoms with Crippen molar-refractivity contribution in [3.8, 4) is 0 Å². The Hall–Kier alpha value is -4.02. The van der Waals surface area contributed by atoms with Crippen LogP contribution in [0.3, 0.4) is 0 Å². The Labute approximate surface area is 206 Å². The Morgan fingerprint density at radius 2 is 1.83 bits per heavy atom. The zero-order valence-corrected chi connectivity index (χ0v) is 20.4. The third-order valence-electron chi connectivity index (χ3n) is 6.32. The summed E-state index contributed by atoms with van der Waals surface area (Å²) in [5, 5.41) is 13.6. The molecular weight excluding hydrogens is 458 g/mol. The summed E-state index contributed by atoms with van der Waals surface area (Å²) in [6.45, 7) is 0. The average Bonchev–Trinajstić information content (AvgIpc) is 3.60. The lowest BCUT2D eigenvalue weighted by molar-refractivity contribution is 0.396. The number of rotatable bonds is 4. The quantitative estimate of drug-likeness (QED) is 0.379. The minimum absolute atomic E-state index is 0.0964.